The predicted octanol–water partition coefficient (Wildman–Crippen LogP) is 2.97. The van der Waals surface area contributed by atoms with Crippen LogP contribution in [0.5, 0.6) is 11.5 Å². The lowest BCUT2D eigenvalue weighted by molar-refractivity contribution is -0.386. The Kier molecular flexibility index (Phi) is 6.61. The van der Waals surface area contributed by atoms with Crippen molar-refractivity contribution in [3.05, 3.63) is 68.3 Å². The fourth-order valence-electron chi connectivity index (χ4n) is 3.02. The monoisotopic (exact) mass is 449 g/mol. The van der Waals surface area contributed by atoms with Crippen molar-refractivity contribution in [2.45, 2.75) is 26.7 Å². The highest BCUT2D eigenvalue weighted by Crippen LogP contribution is 2.36. The third kappa shape index (κ3) is 4.79. The topological polar surface area (TPSA) is 123 Å². The summed E-state index contributed by atoms with van der Waals surface area (Å²) in [6.07, 6.45) is 1.21. The second-order valence-corrected chi connectivity index (χ2v) is 6.58. The number of hydrogen-bond donors (Lipinski definition) is 0. The quantitative estimate of drug-likeness (QED) is 0.292. The molecule has 0 unspecified atom stereocenters. The van der Waals surface area contributed by atoms with Gasteiger partial charge in [0, 0.05) is 0 Å². The van der Waals surface area contributed by atoms with E-state index in [-0.39, 0.29) is 11.3 Å². The molecule has 32 heavy (non-hydrogen) atoms. The predicted molar refractivity (Wildman–Crippen MR) is 107 cm³/mol. The van der Waals surface area contributed by atoms with Gasteiger partial charge in [-0.2, -0.15) is 8.78 Å². The second-order valence-electron chi connectivity index (χ2n) is 6.58. The summed E-state index contributed by atoms with van der Waals surface area (Å²) in [4.78, 5) is 39.5. The Morgan fingerprint density at radius 3 is 2.69 bits per heavy atom. The van der Waals surface area contributed by atoms with Crippen molar-refractivity contribution >= 4 is 22.6 Å². The molecule has 1 heterocycles. The van der Waals surface area contributed by atoms with Crippen LogP contribution >= 0.6 is 0 Å². The van der Waals surface area contributed by atoms with E-state index in [9.17, 15) is 28.5 Å². The van der Waals surface area contributed by atoms with Gasteiger partial charge < -0.3 is 14.2 Å². The van der Waals surface area contributed by atoms with E-state index in [4.69, 9.17) is 9.47 Å². The molecule has 0 bridgehead atoms. The van der Waals surface area contributed by atoms with Gasteiger partial charge in [-0.25, -0.2) is 4.98 Å². The molecule has 0 spiro atoms. The van der Waals surface area contributed by atoms with E-state index >= 15 is 0 Å². The molecule has 2 aromatic carbocycles. The van der Waals surface area contributed by atoms with Crippen molar-refractivity contribution in [3.8, 4) is 11.5 Å². The van der Waals surface area contributed by atoms with Crippen LogP contribution in [0.3, 0.4) is 0 Å². The van der Waals surface area contributed by atoms with E-state index in [1.807, 2.05) is 0 Å². The molecule has 0 saturated heterocycles. The summed E-state index contributed by atoms with van der Waals surface area (Å²) in [7, 11) is 1.16. The highest BCUT2D eigenvalue weighted by molar-refractivity contribution is 5.80. The lowest BCUT2D eigenvalue weighted by Crippen LogP contribution is -2.25. The second kappa shape index (κ2) is 9.37. The number of esters is 1. The third-order valence-corrected chi connectivity index (χ3v) is 4.52. The molecule has 0 aliphatic heterocycles. The van der Waals surface area contributed by atoms with E-state index < -0.39 is 47.7 Å². The molecule has 0 fully saturated rings. The minimum Gasteiger partial charge on any atom is -0.493 e. The Balaban J connectivity index is 1.80. The molecule has 3 rings (SSSR count). The Bertz CT molecular complexity index is 1240. The minimum absolute atomic E-state index is 0.110. The van der Waals surface area contributed by atoms with Gasteiger partial charge >= 0.3 is 12.6 Å². The van der Waals surface area contributed by atoms with Crippen LogP contribution in [0.2, 0.25) is 0 Å². The number of benzene rings is 2. The number of hydrogen-bond acceptors (Lipinski definition) is 8. The van der Waals surface area contributed by atoms with Gasteiger partial charge in [0.2, 0.25) is 0 Å². The molecule has 0 atom stereocenters. The Morgan fingerprint density at radius 2 is 2.03 bits per heavy atom. The smallest absolute Gasteiger partial charge is 0.387 e. The molecule has 10 nitrogen and oxygen atoms in total. The van der Waals surface area contributed by atoms with Crippen molar-refractivity contribution in [1.82, 2.24) is 9.55 Å². The van der Waals surface area contributed by atoms with Crippen LogP contribution in [-0.2, 0) is 22.7 Å². The fraction of sp³-hybridized carbons (Fsp3) is 0.250. The summed E-state index contributed by atoms with van der Waals surface area (Å²) in [5.41, 5.74) is 0.151. The average molecular weight is 449 g/mol. The van der Waals surface area contributed by atoms with Gasteiger partial charge in [0.25, 0.3) is 11.2 Å². The van der Waals surface area contributed by atoms with Gasteiger partial charge in [0.05, 0.1) is 40.9 Å². The molecule has 0 saturated carbocycles. The van der Waals surface area contributed by atoms with Crippen molar-refractivity contribution < 1.29 is 32.7 Å². The average Bonchev–Trinajstić information content (AvgIpc) is 2.74. The molecular formula is C20H17F2N3O7. The SMILES string of the molecule is COc1cc(COC(=O)Cn2cnc3c(C)cccc3c2=O)c([N+](=O)[O-])cc1OC(F)F. The van der Waals surface area contributed by atoms with Gasteiger partial charge in [0.1, 0.15) is 13.2 Å². The lowest BCUT2D eigenvalue weighted by atomic mass is 10.1. The van der Waals surface area contributed by atoms with Crippen molar-refractivity contribution in [2.75, 3.05) is 7.11 Å². The normalized spacial score (nSPS) is 10.9. The van der Waals surface area contributed by atoms with Gasteiger partial charge in [-0.05, 0) is 24.6 Å². The number of aryl methyl sites for hydroxylation is 1. The van der Waals surface area contributed by atoms with Crippen LogP contribution in [0.1, 0.15) is 11.1 Å². The maximum atomic E-state index is 12.6. The number of carbonyl (C=O) groups is 1. The zero-order valence-electron chi connectivity index (χ0n) is 16.9. The highest BCUT2D eigenvalue weighted by atomic mass is 19.3. The van der Waals surface area contributed by atoms with E-state index in [2.05, 4.69) is 9.72 Å². The molecule has 1 aromatic heterocycles. The van der Waals surface area contributed by atoms with Gasteiger partial charge in [-0.1, -0.05) is 12.1 Å². The van der Waals surface area contributed by atoms with Crippen LogP contribution in [-0.4, -0.2) is 34.2 Å². The number of alkyl halides is 2. The molecule has 3 aromatic rings. The summed E-state index contributed by atoms with van der Waals surface area (Å²) in [6.45, 7) is -2.46. The number of nitro benzene ring substituents is 1. The van der Waals surface area contributed by atoms with E-state index in [0.717, 1.165) is 29.4 Å². The number of nitrogens with zero attached hydrogens (tertiary/aromatic N) is 3. The first-order valence-corrected chi connectivity index (χ1v) is 9.11. The number of aromatic nitrogens is 2. The summed E-state index contributed by atoms with van der Waals surface area (Å²) >= 11 is 0. The Morgan fingerprint density at radius 1 is 1.28 bits per heavy atom. The number of ether oxygens (including phenoxy) is 3. The lowest BCUT2D eigenvalue weighted by Gasteiger charge is -2.13. The number of fused-ring (bicyclic) bond motifs is 1. The maximum absolute atomic E-state index is 12.6. The van der Waals surface area contributed by atoms with Gasteiger partial charge in [-0.3, -0.25) is 24.3 Å². The van der Waals surface area contributed by atoms with Crippen LogP contribution in [0.25, 0.3) is 10.9 Å². The molecule has 0 amide bonds. The van der Waals surface area contributed by atoms with Gasteiger partial charge in [-0.15, -0.1) is 0 Å². The summed E-state index contributed by atoms with van der Waals surface area (Å²) in [6, 6.07) is 6.89. The van der Waals surface area contributed by atoms with E-state index in [1.54, 1.807) is 25.1 Å². The maximum Gasteiger partial charge on any atom is 0.387 e. The largest absolute Gasteiger partial charge is 0.493 e. The number of para-hydroxylation sites is 1. The van der Waals surface area contributed by atoms with E-state index in [0.29, 0.717) is 10.9 Å². The first-order valence-electron chi connectivity index (χ1n) is 9.11. The van der Waals surface area contributed by atoms with Crippen molar-refractivity contribution in [2.24, 2.45) is 0 Å². The zero-order valence-corrected chi connectivity index (χ0v) is 16.9. The molecule has 0 radical (unpaired) electrons. The summed E-state index contributed by atoms with van der Waals surface area (Å²) < 4.78 is 40.3. The number of rotatable bonds is 8. The van der Waals surface area contributed by atoms with Crippen LogP contribution in [0.15, 0.2) is 41.5 Å². The minimum atomic E-state index is -3.22. The zero-order chi connectivity index (χ0) is 23.4. The molecule has 0 aliphatic carbocycles. The Labute approximate surface area is 179 Å². The highest BCUT2D eigenvalue weighted by Gasteiger charge is 2.23. The molecule has 0 N–H and O–H groups in total. The molecule has 168 valence electrons. The first kappa shape index (κ1) is 22.6. The van der Waals surface area contributed by atoms with Crippen LogP contribution in [0, 0.1) is 17.0 Å². The van der Waals surface area contributed by atoms with Crippen LogP contribution < -0.4 is 15.0 Å². The van der Waals surface area contributed by atoms with Crippen LogP contribution in [0.4, 0.5) is 14.5 Å². The number of methoxy groups -OCH3 is 1. The van der Waals surface area contributed by atoms with Crippen molar-refractivity contribution in [3.63, 3.8) is 0 Å². The molecular weight excluding hydrogens is 432 g/mol. The molecule has 12 heteroatoms. The third-order valence-electron chi connectivity index (χ3n) is 4.52. The Hall–Kier alpha value is -4.09. The summed E-state index contributed by atoms with van der Waals surface area (Å²) in [5, 5.41) is 11.6. The number of halogens is 2. The number of nitro groups is 1. The standard InChI is InChI=1S/C20H17F2N3O7/c1-11-4-3-5-13-18(11)23-10-24(19(13)27)8-17(26)31-9-12-6-15(30-2)16(32-20(21)22)7-14(12)25(28)29/h3-7,10,20H,8-9H2,1-2H3. The summed E-state index contributed by atoms with van der Waals surface area (Å²) in [5.74, 6) is -1.59. The fourth-order valence-corrected chi connectivity index (χ4v) is 3.02. The van der Waals surface area contributed by atoms with Gasteiger partial charge in [0.15, 0.2) is 11.5 Å². The van der Waals surface area contributed by atoms with Crippen molar-refractivity contribution in [1.29, 1.82) is 0 Å². The number of carbonyl (C=O) groups excluding carboxylic acids is 1. The first-order chi connectivity index (χ1) is 15.2. The van der Waals surface area contributed by atoms with E-state index in [1.165, 1.54) is 6.33 Å². The molecule has 0 aliphatic rings.